The number of likely N-dealkylation sites (tertiary alicyclic amines) is 1. The van der Waals surface area contributed by atoms with E-state index in [1.165, 1.54) is 30.3 Å². The van der Waals surface area contributed by atoms with E-state index in [-0.39, 0.29) is 34.1 Å². The maximum Gasteiger partial charge on any atom is 0.323 e. The number of carboxylic acids is 1. The van der Waals surface area contributed by atoms with E-state index in [1.807, 2.05) is 0 Å². The van der Waals surface area contributed by atoms with Crippen LogP contribution in [-0.2, 0) is 10.2 Å². The largest absolute Gasteiger partial charge is 0.480 e. The van der Waals surface area contributed by atoms with Crippen molar-refractivity contribution in [2.75, 3.05) is 13.1 Å². The molecule has 188 valence electrons. The lowest BCUT2D eigenvalue weighted by molar-refractivity contribution is -0.135. The fourth-order valence-corrected chi connectivity index (χ4v) is 4.12. The SMILES string of the molecule is CC(C)(C)C.N#CC1(c2ccc(Cl)cc2F)CCN(C(=O)NCC(=O)O)[C@@H]1c1cccc(Cl)c1F. The van der Waals surface area contributed by atoms with Crippen LogP contribution in [0.1, 0.15) is 51.3 Å². The smallest absolute Gasteiger partial charge is 0.323 e. The first kappa shape index (κ1) is 28.3. The van der Waals surface area contributed by atoms with Crippen molar-refractivity contribution in [3.05, 3.63) is 69.2 Å². The Hall–Kier alpha value is -2.89. The maximum atomic E-state index is 15.0. The van der Waals surface area contributed by atoms with Crippen LogP contribution in [0.3, 0.4) is 0 Å². The number of carbonyl (C=O) groups excluding carboxylic acids is 1. The number of nitrogens with zero attached hydrogens (tertiary/aromatic N) is 2. The number of hydrogen-bond donors (Lipinski definition) is 2. The molecule has 0 saturated carbocycles. The van der Waals surface area contributed by atoms with Crippen LogP contribution in [0.5, 0.6) is 0 Å². The molecule has 1 fully saturated rings. The Bertz CT molecular complexity index is 1140. The summed E-state index contributed by atoms with van der Waals surface area (Å²) in [5.41, 5.74) is -1.28. The van der Waals surface area contributed by atoms with Gasteiger partial charge in [0.05, 0.1) is 17.1 Å². The Morgan fingerprint density at radius 2 is 1.86 bits per heavy atom. The number of carbonyl (C=O) groups is 2. The lowest BCUT2D eigenvalue weighted by Gasteiger charge is -2.34. The number of rotatable bonds is 4. The molecule has 0 aliphatic carbocycles. The van der Waals surface area contributed by atoms with Crippen molar-refractivity contribution in [2.24, 2.45) is 5.41 Å². The van der Waals surface area contributed by atoms with Gasteiger partial charge in [0.2, 0.25) is 0 Å². The number of carboxylic acid groups (broad SMARTS) is 1. The molecule has 0 aromatic heterocycles. The van der Waals surface area contributed by atoms with Crippen molar-refractivity contribution < 1.29 is 23.5 Å². The molecule has 2 atom stereocenters. The van der Waals surface area contributed by atoms with E-state index in [0.717, 1.165) is 11.0 Å². The van der Waals surface area contributed by atoms with Crippen molar-refractivity contribution in [1.82, 2.24) is 10.2 Å². The molecule has 6 nitrogen and oxygen atoms in total. The molecule has 1 aliphatic heterocycles. The molecule has 2 N–H and O–H groups in total. The minimum absolute atomic E-state index is 0.0147. The molecular weight excluding hydrogens is 499 g/mol. The number of hydrogen-bond acceptors (Lipinski definition) is 3. The zero-order chi connectivity index (χ0) is 26.6. The zero-order valence-electron chi connectivity index (χ0n) is 19.8. The van der Waals surface area contributed by atoms with Crippen molar-refractivity contribution in [3.63, 3.8) is 0 Å². The van der Waals surface area contributed by atoms with E-state index in [0.29, 0.717) is 5.41 Å². The molecule has 1 unspecified atom stereocenters. The number of aliphatic carboxylic acids is 1. The topological polar surface area (TPSA) is 93.4 Å². The van der Waals surface area contributed by atoms with Crippen LogP contribution in [-0.4, -0.2) is 35.1 Å². The van der Waals surface area contributed by atoms with Crippen LogP contribution < -0.4 is 5.32 Å². The van der Waals surface area contributed by atoms with Crippen LogP contribution in [0, 0.1) is 28.4 Å². The molecule has 1 heterocycles. The molecule has 0 spiro atoms. The molecule has 3 rings (SSSR count). The quantitative estimate of drug-likeness (QED) is 0.487. The summed E-state index contributed by atoms with van der Waals surface area (Å²) in [7, 11) is 0. The molecule has 10 heteroatoms. The number of benzene rings is 2. The molecule has 0 radical (unpaired) electrons. The molecule has 0 bridgehead atoms. The Morgan fingerprint density at radius 1 is 1.23 bits per heavy atom. The number of halogens is 4. The summed E-state index contributed by atoms with van der Waals surface area (Å²) in [6.45, 7) is 8.03. The molecule has 2 aromatic carbocycles. The van der Waals surface area contributed by atoms with Crippen LogP contribution in [0.15, 0.2) is 36.4 Å². The van der Waals surface area contributed by atoms with Gasteiger partial charge in [0, 0.05) is 22.7 Å². The molecule has 35 heavy (non-hydrogen) atoms. The predicted octanol–water partition coefficient (Wildman–Crippen LogP) is 6.33. The number of nitriles is 1. The minimum Gasteiger partial charge on any atom is -0.480 e. The summed E-state index contributed by atoms with van der Waals surface area (Å²) >= 11 is 11.7. The first-order valence-corrected chi connectivity index (χ1v) is 11.5. The Labute approximate surface area is 213 Å². The van der Waals surface area contributed by atoms with Gasteiger partial charge in [-0.2, -0.15) is 5.26 Å². The molecular formula is C25H27Cl2F2N3O3. The Balaban J connectivity index is 0.000000784. The Morgan fingerprint density at radius 3 is 2.40 bits per heavy atom. The van der Waals surface area contributed by atoms with Gasteiger partial charge in [-0.05, 0) is 30.0 Å². The number of urea groups is 1. The number of amides is 2. The van der Waals surface area contributed by atoms with Crippen LogP contribution >= 0.6 is 23.2 Å². The third kappa shape index (κ3) is 6.83. The summed E-state index contributed by atoms with van der Waals surface area (Å²) in [5, 5.41) is 21.0. The zero-order valence-corrected chi connectivity index (χ0v) is 21.3. The normalized spacial score (nSPS) is 19.4. The average molecular weight is 526 g/mol. The highest BCUT2D eigenvalue weighted by atomic mass is 35.5. The van der Waals surface area contributed by atoms with Crippen molar-refractivity contribution >= 4 is 35.2 Å². The van der Waals surface area contributed by atoms with Crippen LogP contribution in [0.4, 0.5) is 13.6 Å². The highest BCUT2D eigenvalue weighted by molar-refractivity contribution is 6.31. The summed E-state index contributed by atoms with van der Waals surface area (Å²) in [5.74, 6) is -2.90. The van der Waals surface area contributed by atoms with E-state index in [2.05, 4.69) is 39.1 Å². The molecule has 2 aromatic rings. The lowest BCUT2D eigenvalue weighted by atomic mass is 9.72. The van der Waals surface area contributed by atoms with Gasteiger partial charge in [-0.25, -0.2) is 13.6 Å². The van der Waals surface area contributed by atoms with E-state index in [9.17, 15) is 23.6 Å². The maximum absolute atomic E-state index is 15.0. The van der Waals surface area contributed by atoms with Crippen LogP contribution in [0.25, 0.3) is 0 Å². The van der Waals surface area contributed by atoms with Crippen molar-refractivity contribution in [3.8, 4) is 6.07 Å². The highest BCUT2D eigenvalue weighted by Crippen LogP contribution is 2.50. The van der Waals surface area contributed by atoms with Gasteiger partial charge in [0.15, 0.2) is 0 Å². The van der Waals surface area contributed by atoms with E-state index in [4.69, 9.17) is 28.3 Å². The van der Waals surface area contributed by atoms with E-state index in [1.54, 1.807) is 0 Å². The summed E-state index contributed by atoms with van der Waals surface area (Å²) < 4.78 is 29.8. The second-order valence-electron chi connectivity index (χ2n) is 9.75. The van der Waals surface area contributed by atoms with Crippen molar-refractivity contribution in [2.45, 2.75) is 45.6 Å². The lowest BCUT2D eigenvalue weighted by Crippen LogP contribution is -2.45. The van der Waals surface area contributed by atoms with Gasteiger partial charge in [-0.3, -0.25) is 4.79 Å². The second-order valence-corrected chi connectivity index (χ2v) is 10.6. The van der Waals surface area contributed by atoms with Gasteiger partial charge >= 0.3 is 12.0 Å². The highest BCUT2D eigenvalue weighted by Gasteiger charge is 2.53. The fraction of sp³-hybridized carbons (Fsp3) is 0.400. The van der Waals surface area contributed by atoms with Gasteiger partial charge < -0.3 is 15.3 Å². The molecule has 1 aliphatic rings. The summed E-state index contributed by atoms with van der Waals surface area (Å²) in [6.07, 6.45) is -0.0147. The third-order valence-electron chi connectivity index (χ3n) is 5.06. The number of nitrogens with one attached hydrogen (secondary N) is 1. The second kappa shape index (κ2) is 11.2. The first-order valence-electron chi connectivity index (χ1n) is 10.8. The first-order chi connectivity index (χ1) is 16.2. The van der Waals surface area contributed by atoms with Crippen LogP contribution in [0.2, 0.25) is 10.0 Å². The van der Waals surface area contributed by atoms with Crippen molar-refractivity contribution in [1.29, 1.82) is 5.26 Å². The fourth-order valence-electron chi connectivity index (χ4n) is 3.78. The van der Waals surface area contributed by atoms with Gasteiger partial charge in [0.25, 0.3) is 0 Å². The third-order valence-corrected chi connectivity index (χ3v) is 5.59. The molecule has 1 saturated heterocycles. The van der Waals surface area contributed by atoms with E-state index < -0.39 is 41.6 Å². The van der Waals surface area contributed by atoms with E-state index >= 15 is 0 Å². The Kier molecular flexibility index (Phi) is 9.10. The van der Waals surface area contributed by atoms with Gasteiger partial charge in [-0.1, -0.05) is 69.1 Å². The average Bonchev–Trinajstić information content (AvgIpc) is 3.13. The summed E-state index contributed by atoms with van der Waals surface area (Å²) in [6, 6.07) is 7.86. The summed E-state index contributed by atoms with van der Waals surface area (Å²) in [4.78, 5) is 24.6. The van der Waals surface area contributed by atoms with Gasteiger partial charge in [0.1, 0.15) is 23.6 Å². The van der Waals surface area contributed by atoms with Gasteiger partial charge in [-0.15, -0.1) is 0 Å². The minimum atomic E-state index is -1.65. The molecule has 2 amide bonds. The monoisotopic (exact) mass is 525 g/mol. The standard InChI is InChI=1S/C20H15Cl2F2N3O3.C5H12/c21-11-4-5-13(15(23)8-11)20(10-25)6-7-27(19(30)26-9-16(28)29)18(20)12-2-1-3-14(22)17(12)24;1-5(2,3)4/h1-5,8,18H,6-7,9H2,(H,26,30)(H,28,29);1-4H3/t18-,20?;/m1./s1. The predicted molar refractivity (Wildman–Crippen MR) is 130 cm³/mol.